The summed E-state index contributed by atoms with van der Waals surface area (Å²) >= 11 is 0. The van der Waals surface area contributed by atoms with Gasteiger partial charge >= 0.3 is 0 Å². The van der Waals surface area contributed by atoms with Crippen LogP contribution in [0.2, 0.25) is 0 Å². The Kier molecular flexibility index (Phi) is 6.98. The van der Waals surface area contributed by atoms with Crippen LogP contribution in [0.1, 0.15) is 5.56 Å². The van der Waals surface area contributed by atoms with Crippen LogP contribution in [0.15, 0.2) is 121 Å². The van der Waals surface area contributed by atoms with Gasteiger partial charge in [-0.05, 0) is 47.6 Å². The molecule has 0 heterocycles. The van der Waals surface area contributed by atoms with E-state index in [4.69, 9.17) is 0 Å². The van der Waals surface area contributed by atoms with E-state index in [2.05, 4.69) is 121 Å². The van der Waals surface area contributed by atoms with Gasteiger partial charge in [-0.3, -0.25) is 0 Å². The highest BCUT2D eigenvalue weighted by Crippen LogP contribution is 2.45. The van der Waals surface area contributed by atoms with Crippen molar-refractivity contribution in [1.29, 1.82) is 0 Å². The average Bonchev–Trinajstić information content (AvgIpc) is 2.72. The van der Waals surface area contributed by atoms with Crippen LogP contribution in [0.25, 0.3) is 6.08 Å². The van der Waals surface area contributed by atoms with Gasteiger partial charge in [0.25, 0.3) is 0 Å². The van der Waals surface area contributed by atoms with Crippen molar-refractivity contribution in [3.05, 3.63) is 126 Å². The van der Waals surface area contributed by atoms with Gasteiger partial charge in [-0.1, -0.05) is 85.0 Å². The summed E-state index contributed by atoms with van der Waals surface area (Å²) in [6.07, 6.45) is 11.3. The fourth-order valence-corrected chi connectivity index (χ4v) is 6.43. The minimum atomic E-state index is -0.974. The van der Waals surface area contributed by atoms with E-state index in [0.717, 1.165) is 0 Å². The fourth-order valence-electron chi connectivity index (χ4n) is 3.46. The van der Waals surface area contributed by atoms with Crippen LogP contribution in [-0.4, -0.2) is 5.66 Å². The highest BCUT2D eigenvalue weighted by molar-refractivity contribution is 7.74. The second kappa shape index (κ2) is 9.65. The largest absolute Gasteiger partial charge is 1.00 e. The average molecular weight is 433 g/mol. The van der Waals surface area contributed by atoms with Crippen LogP contribution < -0.4 is 27.6 Å². The van der Waals surface area contributed by atoms with Gasteiger partial charge in [0.15, 0.2) is 0 Å². The molecule has 2 heteroatoms. The van der Waals surface area contributed by atoms with E-state index in [-0.39, 0.29) is 17.0 Å². The van der Waals surface area contributed by atoms with Crippen molar-refractivity contribution in [3.63, 3.8) is 0 Å². The first-order valence-corrected chi connectivity index (χ1v) is 10.6. The molecule has 0 saturated carbocycles. The molecule has 3 aromatic carbocycles. The second-order valence-electron chi connectivity index (χ2n) is 6.42. The highest BCUT2D eigenvalue weighted by atomic mass is 79.9. The molecule has 0 fully saturated rings. The van der Waals surface area contributed by atoms with Crippen LogP contribution in [0.4, 0.5) is 0 Å². The van der Waals surface area contributed by atoms with E-state index >= 15 is 0 Å². The predicted molar refractivity (Wildman–Crippen MR) is 117 cm³/mol. The summed E-state index contributed by atoms with van der Waals surface area (Å²) in [5.74, 6) is 0. The third kappa shape index (κ3) is 4.75. The second-order valence-corrected chi connectivity index (χ2v) is 9.03. The molecular formula is C25H22BrP. The maximum Gasteiger partial charge on any atom is 0.120 e. The Morgan fingerprint density at radius 1 is 0.630 bits per heavy atom. The van der Waals surface area contributed by atoms with Gasteiger partial charge in [-0.2, -0.15) is 0 Å². The molecule has 1 atom stereocenters. The zero-order valence-electron chi connectivity index (χ0n) is 15.0. The molecule has 0 nitrogen and oxygen atoms in total. The molecule has 27 heavy (non-hydrogen) atoms. The van der Waals surface area contributed by atoms with Gasteiger partial charge in [0, 0.05) is 0 Å². The first-order chi connectivity index (χ1) is 12.9. The first kappa shape index (κ1) is 19.5. The van der Waals surface area contributed by atoms with Crippen LogP contribution in [0.5, 0.6) is 0 Å². The van der Waals surface area contributed by atoms with Crippen LogP contribution in [0, 0.1) is 0 Å². The Hall–Kier alpha value is -2.21. The molecule has 1 aliphatic rings. The number of rotatable bonds is 4. The van der Waals surface area contributed by atoms with E-state index in [1.165, 1.54) is 21.7 Å². The molecule has 134 valence electrons. The molecular weight excluding hydrogens is 411 g/mol. The maximum atomic E-state index is 2.38. The van der Waals surface area contributed by atoms with Crippen molar-refractivity contribution >= 4 is 24.6 Å². The van der Waals surface area contributed by atoms with Gasteiger partial charge in [-0.15, -0.1) is 0 Å². The third-order valence-electron chi connectivity index (χ3n) is 4.68. The van der Waals surface area contributed by atoms with Crippen molar-refractivity contribution in [3.8, 4) is 0 Å². The van der Waals surface area contributed by atoms with E-state index in [1.807, 2.05) is 0 Å². The van der Waals surface area contributed by atoms with Crippen molar-refractivity contribution in [1.82, 2.24) is 0 Å². The molecule has 0 amide bonds. The van der Waals surface area contributed by atoms with Gasteiger partial charge in [0.05, 0.1) is 18.5 Å². The molecule has 0 aromatic heterocycles. The summed E-state index contributed by atoms with van der Waals surface area (Å²) in [5, 5.41) is 2.90. The SMILES string of the molecule is C1=CC(=Cc2ccccc2)C([PH+](c2ccccc2)c2ccccc2)C=C1.[Br-]. The number of hydrogen-bond acceptors (Lipinski definition) is 0. The standard InChI is InChI=1S/C25H21P.BrH/c1-4-12-21(13-5-1)20-22-14-10-11-19-25(22)26(23-15-6-2-7-16-23)24-17-8-3-9-18-24;/h1-20,25H;1H. The summed E-state index contributed by atoms with van der Waals surface area (Å²) < 4.78 is 0. The maximum absolute atomic E-state index is 2.38. The van der Waals surface area contributed by atoms with Gasteiger partial charge in [0.2, 0.25) is 0 Å². The number of allylic oxidation sites excluding steroid dienone is 5. The molecule has 3 aromatic rings. The number of hydrogen-bond donors (Lipinski definition) is 0. The lowest BCUT2D eigenvalue weighted by Gasteiger charge is -2.21. The topological polar surface area (TPSA) is 0 Å². The molecule has 0 N–H and O–H groups in total. The van der Waals surface area contributed by atoms with Crippen molar-refractivity contribution < 1.29 is 17.0 Å². The molecule has 0 saturated heterocycles. The van der Waals surface area contributed by atoms with Crippen molar-refractivity contribution in [2.24, 2.45) is 0 Å². The molecule has 0 spiro atoms. The zero-order valence-corrected chi connectivity index (χ0v) is 17.6. The Balaban J connectivity index is 0.00000210. The van der Waals surface area contributed by atoms with Crippen LogP contribution in [0.3, 0.4) is 0 Å². The Bertz CT molecular complexity index is 888. The summed E-state index contributed by atoms with van der Waals surface area (Å²) in [6.45, 7) is 0. The smallest absolute Gasteiger partial charge is 0.120 e. The predicted octanol–water partition coefficient (Wildman–Crippen LogP) is 2.43. The Morgan fingerprint density at radius 3 is 1.70 bits per heavy atom. The summed E-state index contributed by atoms with van der Waals surface area (Å²) in [6, 6.07) is 32.6. The lowest BCUT2D eigenvalue weighted by molar-refractivity contribution is -0.00000486. The minimum Gasteiger partial charge on any atom is -1.00 e. The summed E-state index contributed by atoms with van der Waals surface area (Å²) in [4.78, 5) is 0. The summed E-state index contributed by atoms with van der Waals surface area (Å²) in [7, 11) is -0.974. The molecule has 1 aliphatic carbocycles. The zero-order chi connectivity index (χ0) is 17.6. The molecule has 1 unspecified atom stereocenters. The third-order valence-corrected chi connectivity index (χ3v) is 7.73. The number of halogens is 1. The minimum absolute atomic E-state index is 0. The van der Waals surface area contributed by atoms with Crippen molar-refractivity contribution in [2.75, 3.05) is 0 Å². The van der Waals surface area contributed by atoms with Gasteiger partial charge in [-0.25, -0.2) is 0 Å². The monoisotopic (exact) mass is 432 g/mol. The normalized spacial score (nSPS) is 17.1. The lowest BCUT2D eigenvalue weighted by Crippen LogP contribution is -3.00. The first-order valence-electron chi connectivity index (χ1n) is 9.01. The van der Waals surface area contributed by atoms with E-state index < -0.39 is 7.92 Å². The van der Waals surface area contributed by atoms with Crippen LogP contribution >= 0.6 is 7.92 Å². The fraction of sp³-hybridized carbons (Fsp3) is 0.0400. The molecule has 0 bridgehead atoms. The Labute approximate surface area is 173 Å². The van der Waals surface area contributed by atoms with Gasteiger partial charge in [0.1, 0.15) is 5.66 Å². The van der Waals surface area contributed by atoms with E-state index in [9.17, 15) is 0 Å². The van der Waals surface area contributed by atoms with Gasteiger partial charge < -0.3 is 17.0 Å². The lowest BCUT2D eigenvalue weighted by atomic mass is 10.0. The Morgan fingerprint density at radius 2 is 1.15 bits per heavy atom. The molecule has 0 aliphatic heterocycles. The van der Waals surface area contributed by atoms with Crippen LogP contribution in [-0.2, 0) is 0 Å². The number of benzene rings is 3. The van der Waals surface area contributed by atoms with E-state index in [1.54, 1.807) is 0 Å². The highest BCUT2D eigenvalue weighted by Gasteiger charge is 2.33. The van der Waals surface area contributed by atoms with Crippen molar-refractivity contribution in [2.45, 2.75) is 5.66 Å². The summed E-state index contributed by atoms with van der Waals surface area (Å²) in [5.41, 5.74) is 3.06. The molecule has 0 radical (unpaired) electrons. The van der Waals surface area contributed by atoms with E-state index in [0.29, 0.717) is 5.66 Å². The quantitative estimate of drug-likeness (QED) is 0.555. The molecule has 4 rings (SSSR count).